The van der Waals surface area contributed by atoms with Gasteiger partial charge < -0.3 is 64.2 Å². The Morgan fingerprint density at radius 1 is 0.438 bits per heavy atom. The molecule has 2 heterocycles. The van der Waals surface area contributed by atoms with Crippen molar-refractivity contribution in [2.24, 2.45) is 0 Å². The second-order valence-corrected chi connectivity index (χ2v) is 21.5. The first-order chi connectivity index (χ1) is 35.6. The molecule has 432 valence electrons. The standard InChI is InChI=1S/C59H112O14/c1-3-5-7-9-11-13-15-17-19-21-23-24-25-27-29-31-33-35-37-39-41-43-68-45-48(71-51(61)42-40-38-36-34-32-30-28-26-22-20-18-16-14-12-10-8-6-4-2)46-69-58-57(67)55(65)53(63)50(73-58)47-70-59-56(66)54(64)52(62)49(44-60)72-59/h20,22,48-50,52-60,62-67H,3-19,21,23-47H2,1-2H3/b22-20-. The largest absolute Gasteiger partial charge is 0.457 e. The van der Waals surface area contributed by atoms with E-state index in [2.05, 4.69) is 26.0 Å². The van der Waals surface area contributed by atoms with Crippen LogP contribution >= 0.6 is 0 Å². The number of allylic oxidation sites excluding steroid dienone is 2. The normalized spacial score (nSPS) is 24.9. The molecule has 0 amide bonds. The third-order valence-electron chi connectivity index (χ3n) is 14.8. The van der Waals surface area contributed by atoms with Crippen LogP contribution in [0.2, 0.25) is 0 Å². The number of hydrogen-bond acceptors (Lipinski definition) is 14. The molecule has 0 aromatic rings. The first-order valence-corrected chi connectivity index (χ1v) is 30.3. The number of carbonyl (C=O) groups excluding carboxylic acids is 1. The van der Waals surface area contributed by atoms with E-state index in [4.69, 9.17) is 28.4 Å². The minimum absolute atomic E-state index is 0.0664. The molecular weight excluding hydrogens is 933 g/mol. The van der Waals surface area contributed by atoms with Gasteiger partial charge in [0.15, 0.2) is 12.6 Å². The number of aliphatic hydroxyl groups excluding tert-OH is 7. The SMILES string of the molecule is CCCCCCCCC/C=C\CCCCCCCCCC(=O)OC(COCCCCCCCCCCCCCCCCCCCCCCC)COC1OC(COC2OC(CO)C(O)C(O)C2O)C(O)C(O)C1O. The van der Waals surface area contributed by atoms with E-state index in [0.717, 1.165) is 44.9 Å². The van der Waals surface area contributed by atoms with E-state index in [1.165, 1.54) is 186 Å². The van der Waals surface area contributed by atoms with Gasteiger partial charge in [0, 0.05) is 13.0 Å². The average molecular weight is 1050 g/mol. The molecule has 2 rings (SSSR count). The van der Waals surface area contributed by atoms with Crippen molar-refractivity contribution in [2.75, 3.05) is 33.0 Å². The van der Waals surface area contributed by atoms with Crippen molar-refractivity contribution in [1.29, 1.82) is 0 Å². The second-order valence-electron chi connectivity index (χ2n) is 21.5. The fourth-order valence-corrected chi connectivity index (χ4v) is 9.87. The lowest BCUT2D eigenvalue weighted by Crippen LogP contribution is -2.61. The third kappa shape index (κ3) is 33.6. The van der Waals surface area contributed by atoms with Gasteiger partial charge in [-0.3, -0.25) is 4.79 Å². The Bertz CT molecular complexity index is 1260. The topological polar surface area (TPSA) is 214 Å². The van der Waals surface area contributed by atoms with Crippen molar-refractivity contribution in [2.45, 2.75) is 325 Å². The number of carbonyl (C=O) groups is 1. The first-order valence-electron chi connectivity index (χ1n) is 30.3. The van der Waals surface area contributed by atoms with Gasteiger partial charge in [0.2, 0.25) is 0 Å². The van der Waals surface area contributed by atoms with E-state index in [0.29, 0.717) is 13.0 Å². The van der Waals surface area contributed by atoms with Gasteiger partial charge in [-0.2, -0.15) is 0 Å². The Morgan fingerprint density at radius 2 is 0.808 bits per heavy atom. The summed E-state index contributed by atoms with van der Waals surface area (Å²) in [6, 6.07) is 0. The average Bonchev–Trinajstić information content (AvgIpc) is 3.39. The molecule has 0 aromatic carbocycles. The molecule has 11 unspecified atom stereocenters. The Labute approximate surface area is 444 Å². The lowest BCUT2D eigenvalue weighted by Gasteiger charge is -2.42. The second kappa shape index (κ2) is 46.8. The molecule has 2 aliphatic rings. The van der Waals surface area contributed by atoms with Crippen LogP contribution in [0, 0.1) is 0 Å². The van der Waals surface area contributed by atoms with Crippen LogP contribution in [0.25, 0.3) is 0 Å². The van der Waals surface area contributed by atoms with E-state index in [1.54, 1.807) is 0 Å². The van der Waals surface area contributed by atoms with Crippen LogP contribution in [0.3, 0.4) is 0 Å². The van der Waals surface area contributed by atoms with Crippen LogP contribution in [-0.2, 0) is 33.2 Å². The van der Waals surface area contributed by atoms with Gasteiger partial charge in [0.05, 0.1) is 26.4 Å². The zero-order valence-corrected chi connectivity index (χ0v) is 46.4. The monoisotopic (exact) mass is 1040 g/mol. The molecule has 0 spiro atoms. The molecule has 0 radical (unpaired) electrons. The summed E-state index contributed by atoms with van der Waals surface area (Å²) in [6.45, 7) is 3.75. The summed E-state index contributed by atoms with van der Waals surface area (Å²) in [5, 5.41) is 72.4. The Balaban J connectivity index is 1.69. The number of aliphatic hydroxyl groups is 7. The molecule has 0 aliphatic carbocycles. The summed E-state index contributed by atoms with van der Waals surface area (Å²) in [5.74, 6) is -0.374. The van der Waals surface area contributed by atoms with Crippen molar-refractivity contribution in [3.8, 4) is 0 Å². The van der Waals surface area contributed by atoms with Crippen molar-refractivity contribution < 1.29 is 69.0 Å². The molecule has 7 N–H and O–H groups in total. The smallest absolute Gasteiger partial charge is 0.306 e. The first kappa shape index (κ1) is 67.8. The van der Waals surface area contributed by atoms with Gasteiger partial charge in [0.25, 0.3) is 0 Å². The zero-order chi connectivity index (χ0) is 53.0. The highest BCUT2D eigenvalue weighted by Gasteiger charge is 2.47. The molecule has 14 nitrogen and oxygen atoms in total. The highest BCUT2D eigenvalue weighted by atomic mass is 16.7. The highest BCUT2D eigenvalue weighted by molar-refractivity contribution is 5.69. The molecule has 0 saturated carbocycles. The Kier molecular flexibility index (Phi) is 43.5. The van der Waals surface area contributed by atoms with Crippen molar-refractivity contribution in [3.05, 3.63) is 12.2 Å². The van der Waals surface area contributed by atoms with Crippen molar-refractivity contribution in [3.63, 3.8) is 0 Å². The molecule has 2 aliphatic heterocycles. The summed E-state index contributed by atoms with van der Waals surface area (Å²) >= 11 is 0. The summed E-state index contributed by atoms with van der Waals surface area (Å²) < 4.78 is 34.4. The fourth-order valence-electron chi connectivity index (χ4n) is 9.87. The van der Waals surface area contributed by atoms with Gasteiger partial charge in [-0.05, 0) is 38.5 Å². The fraction of sp³-hybridized carbons (Fsp3) is 0.949. The van der Waals surface area contributed by atoms with Crippen molar-refractivity contribution >= 4 is 5.97 Å². The zero-order valence-electron chi connectivity index (χ0n) is 46.4. The van der Waals surface area contributed by atoms with E-state index in [9.17, 15) is 40.5 Å². The minimum Gasteiger partial charge on any atom is -0.457 e. The summed E-state index contributed by atoms with van der Waals surface area (Å²) in [6.07, 6.45) is 35.6. The number of hydrogen-bond donors (Lipinski definition) is 7. The Hall–Kier alpha value is -1.27. The van der Waals surface area contributed by atoms with Gasteiger partial charge in [-0.25, -0.2) is 0 Å². The van der Waals surface area contributed by atoms with Crippen LogP contribution in [0.4, 0.5) is 0 Å². The lowest BCUT2D eigenvalue weighted by molar-refractivity contribution is -0.332. The van der Waals surface area contributed by atoms with E-state index < -0.39 is 80.7 Å². The van der Waals surface area contributed by atoms with Crippen LogP contribution in [0.5, 0.6) is 0 Å². The van der Waals surface area contributed by atoms with Crippen molar-refractivity contribution in [1.82, 2.24) is 0 Å². The molecule has 73 heavy (non-hydrogen) atoms. The van der Waals surface area contributed by atoms with Crippen LogP contribution in [0.15, 0.2) is 12.2 Å². The molecule has 0 bridgehead atoms. The van der Waals surface area contributed by atoms with Gasteiger partial charge in [-0.15, -0.1) is 0 Å². The Morgan fingerprint density at radius 3 is 1.25 bits per heavy atom. The maximum absolute atomic E-state index is 13.1. The van der Waals surface area contributed by atoms with Crippen LogP contribution < -0.4 is 0 Å². The number of ether oxygens (including phenoxy) is 6. The lowest BCUT2D eigenvalue weighted by atomic mass is 9.98. The number of esters is 1. The molecule has 2 saturated heterocycles. The van der Waals surface area contributed by atoms with E-state index >= 15 is 0 Å². The number of rotatable bonds is 50. The van der Waals surface area contributed by atoms with Gasteiger partial charge in [-0.1, -0.05) is 225 Å². The van der Waals surface area contributed by atoms with Gasteiger partial charge in [0.1, 0.15) is 54.9 Å². The van der Waals surface area contributed by atoms with Crippen LogP contribution in [0.1, 0.15) is 258 Å². The predicted octanol–water partition coefficient (Wildman–Crippen LogP) is 11.0. The molecular formula is C59H112O14. The molecule has 14 heteroatoms. The molecule has 0 aromatic heterocycles. The van der Waals surface area contributed by atoms with E-state index in [1.807, 2.05) is 0 Å². The summed E-state index contributed by atoms with van der Waals surface area (Å²) in [4.78, 5) is 13.1. The summed E-state index contributed by atoms with van der Waals surface area (Å²) in [7, 11) is 0. The quantitative estimate of drug-likeness (QED) is 0.0172. The van der Waals surface area contributed by atoms with Gasteiger partial charge >= 0.3 is 5.97 Å². The minimum atomic E-state index is -1.70. The summed E-state index contributed by atoms with van der Waals surface area (Å²) in [5.41, 5.74) is 0. The highest BCUT2D eigenvalue weighted by Crippen LogP contribution is 2.27. The molecule has 11 atom stereocenters. The maximum Gasteiger partial charge on any atom is 0.306 e. The van der Waals surface area contributed by atoms with E-state index in [-0.39, 0.29) is 25.6 Å². The van der Waals surface area contributed by atoms with Crippen LogP contribution in [-0.4, -0.2) is 142 Å². The maximum atomic E-state index is 13.1. The molecule has 2 fully saturated rings. The number of unbranched alkanes of at least 4 members (excludes halogenated alkanes) is 34. The predicted molar refractivity (Wildman–Crippen MR) is 289 cm³/mol. The third-order valence-corrected chi connectivity index (χ3v) is 14.8.